The van der Waals surface area contributed by atoms with Crippen LogP contribution >= 0.6 is 27.5 Å². The molecule has 3 heteroatoms. The lowest BCUT2D eigenvalue weighted by atomic mass is 9.79. The van der Waals surface area contributed by atoms with Crippen molar-refractivity contribution < 1.29 is 4.42 Å². The fraction of sp³-hybridized carbons (Fsp3) is 0.667. The maximum Gasteiger partial charge on any atom is 0.104 e. The minimum Gasteiger partial charge on any atom is -0.469 e. The van der Waals surface area contributed by atoms with Gasteiger partial charge >= 0.3 is 0 Å². The summed E-state index contributed by atoms with van der Waals surface area (Å²) in [6.07, 6.45) is 5.11. The summed E-state index contributed by atoms with van der Waals surface area (Å²) in [5.74, 6) is 1.61. The minimum absolute atomic E-state index is 0.0999. The molecule has 0 unspecified atom stereocenters. The number of hydrogen-bond donors (Lipinski definition) is 0. The first-order valence-corrected chi connectivity index (χ1v) is 6.60. The molecule has 1 aliphatic carbocycles. The Balaban J connectivity index is 2.13. The zero-order chi connectivity index (χ0) is 11.1. The molecule has 1 aromatic rings. The van der Waals surface area contributed by atoms with Gasteiger partial charge in [-0.15, -0.1) is 11.6 Å². The minimum atomic E-state index is 0.0999. The Labute approximate surface area is 104 Å². The maximum atomic E-state index is 6.39. The van der Waals surface area contributed by atoms with Gasteiger partial charge in [0.15, 0.2) is 0 Å². The van der Waals surface area contributed by atoms with Crippen molar-refractivity contribution in [2.24, 2.45) is 0 Å². The van der Waals surface area contributed by atoms with Crippen molar-refractivity contribution in [1.82, 2.24) is 0 Å². The highest BCUT2D eigenvalue weighted by Gasteiger charge is 2.37. The van der Waals surface area contributed by atoms with Crippen LogP contribution in [0.4, 0.5) is 0 Å². The molecule has 1 aromatic heterocycles. The fourth-order valence-electron chi connectivity index (χ4n) is 2.33. The molecule has 15 heavy (non-hydrogen) atoms. The molecular weight excluding hydrogens is 275 g/mol. The third-order valence-corrected chi connectivity index (χ3v) is 5.34. The normalized spacial score (nSPS) is 36.8. The van der Waals surface area contributed by atoms with Gasteiger partial charge in [0.2, 0.25) is 0 Å². The summed E-state index contributed by atoms with van der Waals surface area (Å²) in [7, 11) is 0. The van der Waals surface area contributed by atoms with Gasteiger partial charge in [-0.2, -0.15) is 0 Å². The van der Waals surface area contributed by atoms with E-state index in [9.17, 15) is 0 Å². The van der Waals surface area contributed by atoms with Crippen LogP contribution in [0.2, 0.25) is 0 Å². The Kier molecular flexibility index (Phi) is 3.18. The molecule has 0 aliphatic heterocycles. The zero-order valence-corrected chi connectivity index (χ0v) is 11.4. The third-order valence-electron chi connectivity index (χ3n) is 3.46. The zero-order valence-electron chi connectivity index (χ0n) is 9.09. The predicted octanol–water partition coefficient (Wildman–Crippen LogP) is 4.62. The summed E-state index contributed by atoms with van der Waals surface area (Å²) < 4.78 is 5.45. The second kappa shape index (κ2) is 4.14. The van der Waals surface area contributed by atoms with Crippen LogP contribution in [0, 0.1) is 6.92 Å². The molecule has 2 rings (SSSR count). The number of rotatable bonds is 1. The SMILES string of the molecule is Cc1occc1[C@H]1CC[C@@](C)(Br)[C@@H](Cl)C1. The van der Waals surface area contributed by atoms with Gasteiger partial charge in [0.05, 0.1) is 6.26 Å². The van der Waals surface area contributed by atoms with Crippen LogP contribution in [0.3, 0.4) is 0 Å². The van der Waals surface area contributed by atoms with Crippen LogP contribution in [0.1, 0.15) is 43.4 Å². The van der Waals surface area contributed by atoms with Crippen LogP contribution in [-0.4, -0.2) is 9.70 Å². The lowest BCUT2D eigenvalue weighted by molar-refractivity contribution is 0.387. The van der Waals surface area contributed by atoms with Gasteiger partial charge in [-0.1, -0.05) is 15.9 Å². The molecule has 0 N–H and O–H groups in total. The summed E-state index contributed by atoms with van der Waals surface area (Å²) in [5.41, 5.74) is 1.34. The highest BCUT2D eigenvalue weighted by molar-refractivity contribution is 9.10. The molecule has 0 saturated heterocycles. The molecule has 0 spiro atoms. The molecule has 84 valence electrons. The van der Waals surface area contributed by atoms with E-state index in [0.29, 0.717) is 5.92 Å². The van der Waals surface area contributed by atoms with Crippen molar-refractivity contribution in [3.63, 3.8) is 0 Å². The Morgan fingerprint density at radius 3 is 2.87 bits per heavy atom. The molecule has 1 saturated carbocycles. The second-order valence-corrected chi connectivity index (χ2v) is 6.99. The smallest absolute Gasteiger partial charge is 0.104 e. The Morgan fingerprint density at radius 2 is 2.33 bits per heavy atom. The van der Waals surface area contributed by atoms with Crippen LogP contribution in [0.15, 0.2) is 16.7 Å². The van der Waals surface area contributed by atoms with Crippen molar-refractivity contribution in [3.8, 4) is 0 Å². The van der Waals surface area contributed by atoms with Crippen molar-refractivity contribution in [2.75, 3.05) is 0 Å². The average molecular weight is 292 g/mol. The molecule has 3 atom stereocenters. The van der Waals surface area contributed by atoms with Crippen LogP contribution in [-0.2, 0) is 0 Å². The van der Waals surface area contributed by atoms with E-state index >= 15 is 0 Å². The predicted molar refractivity (Wildman–Crippen MR) is 67.0 cm³/mol. The van der Waals surface area contributed by atoms with Gasteiger partial charge in [0.25, 0.3) is 0 Å². The Bertz CT molecular complexity index is 345. The number of alkyl halides is 2. The monoisotopic (exact) mass is 290 g/mol. The lowest BCUT2D eigenvalue weighted by Gasteiger charge is -2.37. The Morgan fingerprint density at radius 1 is 1.60 bits per heavy atom. The quantitative estimate of drug-likeness (QED) is 0.688. The van der Waals surface area contributed by atoms with Gasteiger partial charge in [-0.05, 0) is 50.7 Å². The summed E-state index contributed by atoms with van der Waals surface area (Å²) in [6, 6.07) is 2.08. The van der Waals surface area contributed by atoms with E-state index in [-0.39, 0.29) is 9.70 Å². The van der Waals surface area contributed by atoms with Gasteiger partial charge in [-0.3, -0.25) is 0 Å². The Hall–Kier alpha value is 0.0500. The first-order chi connectivity index (χ1) is 7.00. The van der Waals surface area contributed by atoms with Crippen LogP contribution in [0.5, 0.6) is 0 Å². The summed E-state index contributed by atoms with van der Waals surface area (Å²) in [5, 5.41) is 0.200. The van der Waals surface area contributed by atoms with E-state index < -0.39 is 0 Å². The first-order valence-electron chi connectivity index (χ1n) is 5.37. The number of hydrogen-bond acceptors (Lipinski definition) is 1. The van der Waals surface area contributed by atoms with E-state index in [1.54, 1.807) is 6.26 Å². The molecule has 1 aliphatic rings. The molecule has 1 nitrogen and oxygen atoms in total. The van der Waals surface area contributed by atoms with E-state index in [4.69, 9.17) is 16.0 Å². The topological polar surface area (TPSA) is 13.1 Å². The molecule has 1 heterocycles. The molecular formula is C12H16BrClO. The largest absolute Gasteiger partial charge is 0.469 e. The fourth-order valence-corrected chi connectivity index (χ4v) is 3.07. The van der Waals surface area contributed by atoms with Crippen molar-refractivity contribution in [3.05, 3.63) is 23.7 Å². The second-order valence-electron chi connectivity index (χ2n) is 4.65. The summed E-state index contributed by atoms with van der Waals surface area (Å²) in [6.45, 7) is 4.21. The van der Waals surface area contributed by atoms with Gasteiger partial charge in [0.1, 0.15) is 5.76 Å². The van der Waals surface area contributed by atoms with Crippen LogP contribution < -0.4 is 0 Å². The first kappa shape index (κ1) is 11.5. The van der Waals surface area contributed by atoms with E-state index in [2.05, 4.69) is 28.9 Å². The highest BCUT2D eigenvalue weighted by atomic mass is 79.9. The van der Waals surface area contributed by atoms with E-state index in [1.807, 2.05) is 6.92 Å². The van der Waals surface area contributed by atoms with Gasteiger partial charge < -0.3 is 4.42 Å². The molecule has 1 fully saturated rings. The van der Waals surface area contributed by atoms with Crippen LogP contribution in [0.25, 0.3) is 0 Å². The molecule has 0 bridgehead atoms. The number of furan rings is 1. The summed E-state index contributed by atoms with van der Waals surface area (Å²) >= 11 is 10.1. The van der Waals surface area contributed by atoms with E-state index in [0.717, 1.165) is 18.6 Å². The van der Waals surface area contributed by atoms with Crippen molar-refractivity contribution in [1.29, 1.82) is 0 Å². The number of aryl methyl sites for hydroxylation is 1. The van der Waals surface area contributed by atoms with Crippen molar-refractivity contribution in [2.45, 2.75) is 48.7 Å². The summed E-state index contributed by atoms with van der Waals surface area (Å²) in [4.78, 5) is 0. The number of halogens is 2. The molecule has 0 amide bonds. The van der Waals surface area contributed by atoms with Crippen molar-refractivity contribution >= 4 is 27.5 Å². The third kappa shape index (κ3) is 2.26. The van der Waals surface area contributed by atoms with Gasteiger partial charge in [0, 0.05) is 9.70 Å². The lowest BCUT2D eigenvalue weighted by Crippen LogP contribution is -2.35. The van der Waals surface area contributed by atoms with Gasteiger partial charge in [-0.25, -0.2) is 0 Å². The molecule has 0 radical (unpaired) electrons. The maximum absolute atomic E-state index is 6.39. The average Bonchev–Trinajstić information content (AvgIpc) is 2.57. The highest BCUT2D eigenvalue weighted by Crippen LogP contribution is 2.45. The molecule has 0 aromatic carbocycles. The standard InChI is InChI=1S/C12H16BrClO/c1-8-10(4-6-15-8)9-3-5-12(2,13)11(14)7-9/h4,6,9,11H,3,5,7H2,1-2H3/t9-,11-,12+/m0/s1. The van der Waals surface area contributed by atoms with E-state index in [1.165, 1.54) is 12.0 Å².